The van der Waals surface area contributed by atoms with Gasteiger partial charge in [0.1, 0.15) is 5.78 Å². The number of hydrogen-bond donors (Lipinski definition) is 1. The number of carbonyl (C=O) groups is 2. The van der Waals surface area contributed by atoms with Crippen molar-refractivity contribution in [3.63, 3.8) is 0 Å². The normalized spacial score (nSPS) is 35.9. The molecule has 1 saturated heterocycles. The van der Waals surface area contributed by atoms with E-state index in [0.29, 0.717) is 6.42 Å². The molecule has 68 valence electrons. The van der Waals surface area contributed by atoms with E-state index in [9.17, 15) is 9.59 Å². The van der Waals surface area contributed by atoms with Gasteiger partial charge in [0.15, 0.2) is 0 Å². The maximum atomic E-state index is 11.1. The number of hydrogen-bond acceptors (Lipinski definition) is 2. The summed E-state index contributed by atoms with van der Waals surface area (Å²) in [6.07, 6.45) is 0.613. The average molecular weight is 234 g/mol. The molecule has 1 aliphatic heterocycles. The fraction of sp³-hybridized carbons (Fsp3) is 0.750. The Labute approximate surface area is 80.0 Å². The van der Waals surface area contributed by atoms with Gasteiger partial charge in [0.2, 0.25) is 5.91 Å². The van der Waals surface area contributed by atoms with Gasteiger partial charge in [0, 0.05) is 12.0 Å². The van der Waals surface area contributed by atoms with Gasteiger partial charge in [-0.2, -0.15) is 0 Å². The Balaban J connectivity index is 2.67. The van der Waals surface area contributed by atoms with E-state index < -0.39 is 0 Å². The number of nitrogens with one attached hydrogen (secondary N) is 1. The van der Waals surface area contributed by atoms with Gasteiger partial charge in [-0.3, -0.25) is 9.59 Å². The summed E-state index contributed by atoms with van der Waals surface area (Å²) in [7, 11) is 0. The minimum Gasteiger partial charge on any atom is -0.352 e. The SMILES string of the molecule is CC(=O)C1CC(Br)C(=O)NC1C. The highest BCUT2D eigenvalue weighted by Crippen LogP contribution is 2.22. The molecular weight excluding hydrogens is 222 g/mol. The van der Waals surface area contributed by atoms with E-state index in [2.05, 4.69) is 21.2 Å². The van der Waals surface area contributed by atoms with Crippen LogP contribution >= 0.6 is 15.9 Å². The van der Waals surface area contributed by atoms with Gasteiger partial charge in [0.05, 0.1) is 4.83 Å². The molecule has 4 heteroatoms. The largest absolute Gasteiger partial charge is 0.352 e. The lowest BCUT2D eigenvalue weighted by Gasteiger charge is -2.30. The van der Waals surface area contributed by atoms with Crippen LogP contribution in [0.25, 0.3) is 0 Å². The third-order valence-corrected chi connectivity index (χ3v) is 3.03. The second-order valence-corrected chi connectivity index (χ2v) is 4.32. The number of Topliss-reactive ketones (excluding diaryl/α,β-unsaturated/α-hetero) is 1. The van der Waals surface area contributed by atoms with Crippen LogP contribution in [-0.4, -0.2) is 22.6 Å². The number of halogens is 1. The molecule has 1 fully saturated rings. The second-order valence-electron chi connectivity index (χ2n) is 3.22. The quantitative estimate of drug-likeness (QED) is 0.684. The van der Waals surface area contributed by atoms with E-state index in [4.69, 9.17) is 0 Å². The summed E-state index contributed by atoms with van der Waals surface area (Å²) in [5, 5.41) is 2.75. The predicted molar refractivity (Wildman–Crippen MR) is 49.1 cm³/mol. The van der Waals surface area contributed by atoms with Crippen molar-refractivity contribution >= 4 is 27.6 Å². The number of piperidine rings is 1. The standard InChI is InChI=1S/C8H12BrNO2/c1-4-6(5(2)11)3-7(9)8(12)10-4/h4,6-7H,3H2,1-2H3,(H,10,12). The van der Waals surface area contributed by atoms with Gasteiger partial charge in [-0.15, -0.1) is 0 Å². The lowest BCUT2D eigenvalue weighted by Crippen LogP contribution is -2.50. The number of ketones is 1. The van der Waals surface area contributed by atoms with Crippen LogP contribution < -0.4 is 5.32 Å². The molecule has 3 atom stereocenters. The van der Waals surface area contributed by atoms with Gasteiger partial charge in [0.25, 0.3) is 0 Å². The van der Waals surface area contributed by atoms with Crippen molar-refractivity contribution in [3.8, 4) is 0 Å². The summed E-state index contributed by atoms with van der Waals surface area (Å²) in [6.45, 7) is 3.43. The molecule has 1 aliphatic rings. The number of amides is 1. The molecule has 0 radical (unpaired) electrons. The van der Waals surface area contributed by atoms with Gasteiger partial charge in [-0.25, -0.2) is 0 Å². The summed E-state index contributed by atoms with van der Waals surface area (Å²) in [5.41, 5.74) is 0. The Kier molecular flexibility index (Phi) is 2.88. The Morgan fingerprint density at radius 3 is 2.75 bits per heavy atom. The van der Waals surface area contributed by atoms with E-state index in [1.807, 2.05) is 6.92 Å². The average Bonchev–Trinajstić information content (AvgIpc) is 1.96. The van der Waals surface area contributed by atoms with Crippen molar-refractivity contribution in [2.24, 2.45) is 5.92 Å². The first kappa shape index (κ1) is 9.71. The molecule has 12 heavy (non-hydrogen) atoms. The molecule has 0 aromatic rings. The minimum absolute atomic E-state index is 0.0139. The summed E-state index contributed by atoms with van der Waals surface area (Å²) in [4.78, 5) is 22.0. The Morgan fingerprint density at radius 1 is 1.67 bits per heavy atom. The number of rotatable bonds is 1. The molecule has 0 aromatic heterocycles. The molecule has 0 aliphatic carbocycles. The van der Waals surface area contributed by atoms with Crippen molar-refractivity contribution in [1.29, 1.82) is 0 Å². The Bertz CT molecular complexity index is 217. The molecule has 1 rings (SSSR count). The van der Waals surface area contributed by atoms with Gasteiger partial charge < -0.3 is 5.32 Å². The first-order valence-corrected chi connectivity index (χ1v) is 4.89. The van der Waals surface area contributed by atoms with E-state index in [0.717, 1.165) is 0 Å². The highest BCUT2D eigenvalue weighted by molar-refractivity contribution is 9.10. The van der Waals surface area contributed by atoms with Crippen LogP contribution in [0.5, 0.6) is 0 Å². The van der Waals surface area contributed by atoms with E-state index in [1.54, 1.807) is 6.92 Å². The van der Waals surface area contributed by atoms with Crippen LogP contribution in [0.1, 0.15) is 20.3 Å². The Morgan fingerprint density at radius 2 is 2.25 bits per heavy atom. The van der Waals surface area contributed by atoms with Crippen molar-refractivity contribution in [1.82, 2.24) is 5.32 Å². The Hall–Kier alpha value is -0.380. The number of alkyl halides is 1. The van der Waals surface area contributed by atoms with Crippen LogP contribution in [0.15, 0.2) is 0 Å². The topological polar surface area (TPSA) is 46.2 Å². The summed E-state index contributed by atoms with van der Waals surface area (Å²) >= 11 is 3.23. The molecule has 0 aromatic carbocycles. The molecular formula is C8H12BrNO2. The summed E-state index contributed by atoms with van der Waals surface area (Å²) in [5.74, 6) is 0.0963. The third-order valence-electron chi connectivity index (χ3n) is 2.24. The van der Waals surface area contributed by atoms with Crippen molar-refractivity contribution in [3.05, 3.63) is 0 Å². The zero-order valence-corrected chi connectivity index (χ0v) is 8.72. The minimum atomic E-state index is -0.206. The predicted octanol–water partition coefficient (Wildman–Crippen LogP) is 0.863. The van der Waals surface area contributed by atoms with Gasteiger partial charge in [-0.1, -0.05) is 15.9 Å². The molecule has 1 amide bonds. The smallest absolute Gasteiger partial charge is 0.234 e. The van der Waals surface area contributed by atoms with Crippen LogP contribution in [0, 0.1) is 5.92 Å². The molecule has 0 bridgehead atoms. The van der Waals surface area contributed by atoms with Crippen LogP contribution in [0.4, 0.5) is 0 Å². The van der Waals surface area contributed by atoms with Crippen molar-refractivity contribution < 1.29 is 9.59 Å². The van der Waals surface area contributed by atoms with Crippen LogP contribution in [-0.2, 0) is 9.59 Å². The van der Waals surface area contributed by atoms with Gasteiger partial charge >= 0.3 is 0 Å². The lowest BCUT2D eigenvalue weighted by atomic mass is 9.88. The molecule has 1 N–H and O–H groups in total. The highest BCUT2D eigenvalue weighted by atomic mass is 79.9. The maximum Gasteiger partial charge on any atom is 0.234 e. The lowest BCUT2D eigenvalue weighted by molar-refractivity contribution is -0.127. The van der Waals surface area contributed by atoms with E-state index >= 15 is 0 Å². The maximum absolute atomic E-state index is 11.1. The van der Waals surface area contributed by atoms with Crippen LogP contribution in [0.3, 0.4) is 0 Å². The monoisotopic (exact) mass is 233 g/mol. The second kappa shape index (κ2) is 3.56. The molecule has 3 unspecified atom stereocenters. The molecule has 0 spiro atoms. The van der Waals surface area contributed by atoms with E-state index in [-0.39, 0.29) is 28.5 Å². The zero-order valence-electron chi connectivity index (χ0n) is 7.13. The number of carbonyl (C=O) groups excluding carboxylic acids is 2. The fourth-order valence-corrected chi connectivity index (χ4v) is 2.00. The van der Waals surface area contributed by atoms with Gasteiger partial charge in [-0.05, 0) is 20.3 Å². The summed E-state index contributed by atoms with van der Waals surface area (Å²) in [6, 6.07) is -0.0243. The van der Waals surface area contributed by atoms with Crippen LogP contribution in [0.2, 0.25) is 0 Å². The highest BCUT2D eigenvalue weighted by Gasteiger charge is 2.33. The molecule has 0 saturated carbocycles. The first-order valence-electron chi connectivity index (χ1n) is 3.97. The van der Waals surface area contributed by atoms with Crippen molar-refractivity contribution in [2.45, 2.75) is 31.1 Å². The zero-order chi connectivity index (χ0) is 9.30. The molecule has 3 nitrogen and oxygen atoms in total. The first-order chi connectivity index (χ1) is 5.52. The summed E-state index contributed by atoms with van der Waals surface area (Å²) < 4.78 is 0. The molecule has 1 heterocycles. The fourth-order valence-electron chi connectivity index (χ4n) is 1.47. The van der Waals surface area contributed by atoms with E-state index in [1.165, 1.54) is 0 Å². The third kappa shape index (κ3) is 1.86. The van der Waals surface area contributed by atoms with Crippen molar-refractivity contribution in [2.75, 3.05) is 0 Å².